The lowest BCUT2D eigenvalue weighted by Gasteiger charge is -2.36. The summed E-state index contributed by atoms with van der Waals surface area (Å²) in [6, 6.07) is 4.34. The quantitative estimate of drug-likeness (QED) is 0.899. The van der Waals surface area contributed by atoms with E-state index < -0.39 is 0 Å². The molecular weight excluding hydrogens is 248 g/mol. The van der Waals surface area contributed by atoms with Gasteiger partial charge in [-0.1, -0.05) is 6.07 Å². The summed E-state index contributed by atoms with van der Waals surface area (Å²) in [6.45, 7) is 6.76. The van der Waals surface area contributed by atoms with Crippen molar-refractivity contribution in [2.75, 3.05) is 19.7 Å². The number of morpholine rings is 1. The van der Waals surface area contributed by atoms with Gasteiger partial charge in [-0.3, -0.25) is 9.69 Å². The minimum absolute atomic E-state index is 0.0874. The summed E-state index contributed by atoms with van der Waals surface area (Å²) >= 11 is 1.66. The first-order chi connectivity index (χ1) is 8.65. The number of amides is 1. The Morgan fingerprint density at radius 2 is 2.44 bits per heavy atom. The highest BCUT2D eigenvalue weighted by molar-refractivity contribution is 7.09. The fourth-order valence-corrected chi connectivity index (χ4v) is 2.68. The van der Waals surface area contributed by atoms with E-state index in [0.717, 1.165) is 6.54 Å². The van der Waals surface area contributed by atoms with Crippen molar-refractivity contribution in [3.8, 4) is 0 Å². The summed E-state index contributed by atoms with van der Waals surface area (Å²) in [6.07, 6.45) is 0.214. The van der Waals surface area contributed by atoms with Gasteiger partial charge in [0.25, 0.3) is 0 Å². The molecule has 1 fully saturated rings. The van der Waals surface area contributed by atoms with Gasteiger partial charge in [0.15, 0.2) is 0 Å². The zero-order valence-corrected chi connectivity index (χ0v) is 11.7. The number of carbonyl (C=O) groups excluding carboxylic acids is 1. The maximum Gasteiger partial charge on any atom is 0.234 e. The molecule has 18 heavy (non-hydrogen) atoms. The zero-order valence-electron chi connectivity index (χ0n) is 10.9. The van der Waals surface area contributed by atoms with Crippen molar-refractivity contribution in [2.45, 2.75) is 32.5 Å². The van der Waals surface area contributed by atoms with Crippen LogP contribution in [0.15, 0.2) is 17.5 Å². The number of carbonyl (C=O) groups is 1. The monoisotopic (exact) mass is 268 g/mol. The van der Waals surface area contributed by atoms with Crippen LogP contribution in [0, 0.1) is 0 Å². The Labute approximate surface area is 112 Å². The van der Waals surface area contributed by atoms with E-state index in [1.54, 1.807) is 11.3 Å². The molecule has 2 atom stereocenters. The molecule has 0 saturated carbocycles. The molecule has 1 N–H and O–H groups in total. The van der Waals surface area contributed by atoms with E-state index >= 15 is 0 Å². The minimum Gasteiger partial charge on any atom is -0.376 e. The van der Waals surface area contributed by atoms with Crippen LogP contribution in [0.25, 0.3) is 0 Å². The molecule has 2 heterocycles. The van der Waals surface area contributed by atoms with Gasteiger partial charge in [-0.2, -0.15) is 0 Å². The fourth-order valence-electron chi connectivity index (χ4n) is 2.03. The summed E-state index contributed by atoms with van der Waals surface area (Å²) in [7, 11) is 0. The maximum atomic E-state index is 11.9. The predicted molar refractivity (Wildman–Crippen MR) is 72.6 cm³/mol. The van der Waals surface area contributed by atoms with Gasteiger partial charge in [0.05, 0.1) is 25.8 Å². The van der Waals surface area contributed by atoms with Crippen LogP contribution in [0.5, 0.6) is 0 Å². The van der Waals surface area contributed by atoms with Crippen LogP contribution in [-0.2, 0) is 16.1 Å². The molecule has 0 radical (unpaired) electrons. The standard InChI is InChI=1S/C13H20N2O2S/c1-10-9-17-11(2)7-15(10)8-13(16)14-6-12-4-3-5-18-12/h3-5,10-11H,6-9H2,1-2H3,(H,14,16). The molecule has 0 bridgehead atoms. The number of hydrogen-bond acceptors (Lipinski definition) is 4. The molecule has 5 heteroatoms. The van der Waals surface area contributed by atoms with Crippen molar-refractivity contribution in [1.29, 1.82) is 0 Å². The number of ether oxygens (including phenoxy) is 1. The third kappa shape index (κ3) is 3.80. The topological polar surface area (TPSA) is 41.6 Å². The summed E-state index contributed by atoms with van der Waals surface area (Å²) in [5, 5.41) is 4.98. The van der Waals surface area contributed by atoms with Crippen molar-refractivity contribution in [2.24, 2.45) is 0 Å². The Kier molecular flexibility index (Phi) is 4.74. The van der Waals surface area contributed by atoms with E-state index in [-0.39, 0.29) is 12.0 Å². The van der Waals surface area contributed by atoms with Crippen LogP contribution < -0.4 is 5.32 Å². The maximum absolute atomic E-state index is 11.9. The highest BCUT2D eigenvalue weighted by Crippen LogP contribution is 2.11. The van der Waals surface area contributed by atoms with Gasteiger partial charge in [-0.05, 0) is 25.3 Å². The Bertz CT molecular complexity index is 380. The normalized spacial score (nSPS) is 25.0. The average molecular weight is 268 g/mol. The van der Waals surface area contributed by atoms with E-state index in [9.17, 15) is 4.79 Å². The van der Waals surface area contributed by atoms with Gasteiger partial charge < -0.3 is 10.1 Å². The van der Waals surface area contributed by atoms with Crippen LogP contribution in [-0.4, -0.2) is 42.6 Å². The first-order valence-corrected chi connectivity index (χ1v) is 7.18. The van der Waals surface area contributed by atoms with Crippen molar-refractivity contribution < 1.29 is 9.53 Å². The molecule has 0 spiro atoms. The molecule has 0 aliphatic carbocycles. The van der Waals surface area contributed by atoms with Crippen LogP contribution in [0.2, 0.25) is 0 Å². The first-order valence-electron chi connectivity index (χ1n) is 6.30. The molecule has 1 amide bonds. The summed E-state index contributed by atoms with van der Waals surface area (Å²) in [4.78, 5) is 15.2. The lowest BCUT2D eigenvalue weighted by Crippen LogP contribution is -2.50. The Morgan fingerprint density at radius 1 is 1.61 bits per heavy atom. The minimum atomic E-state index is 0.0874. The molecule has 1 aromatic heterocycles. The van der Waals surface area contributed by atoms with Gasteiger partial charge in [0.1, 0.15) is 0 Å². The van der Waals surface area contributed by atoms with Gasteiger partial charge in [-0.25, -0.2) is 0 Å². The molecule has 2 unspecified atom stereocenters. The number of hydrogen-bond donors (Lipinski definition) is 1. The van der Waals surface area contributed by atoms with Gasteiger partial charge in [-0.15, -0.1) is 11.3 Å². The van der Waals surface area contributed by atoms with Gasteiger partial charge >= 0.3 is 0 Å². The number of rotatable bonds is 4. The van der Waals surface area contributed by atoms with E-state index in [0.29, 0.717) is 25.7 Å². The smallest absolute Gasteiger partial charge is 0.234 e. The molecule has 2 rings (SSSR count). The van der Waals surface area contributed by atoms with Gasteiger partial charge in [0, 0.05) is 17.5 Å². The molecule has 1 saturated heterocycles. The molecule has 1 aliphatic heterocycles. The molecule has 1 aliphatic rings. The molecule has 4 nitrogen and oxygen atoms in total. The van der Waals surface area contributed by atoms with E-state index in [4.69, 9.17) is 4.74 Å². The SMILES string of the molecule is CC1CN(CC(=O)NCc2cccs2)C(C)CO1. The third-order valence-corrected chi connectivity index (χ3v) is 4.00. The third-order valence-electron chi connectivity index (χ3n) is 3.12. The Morgan fingerprint density at radius 3 is 3.17 bits per heavy atom. The van der Waals surface area contributed by atoms with Crippen molar-refractivity contribution in [3.05, 3.63) is 22.4 Å². The highest BCUT2D eigenvalue weighted by Gasteiger charge is 2.24. The van der Waals surface area contributed by atoms with E-state index in [1.807, 2.05) is 24.4 Å². The average Bonchev–Trinajstić information content (AvgIpc) is 2.84. The second kappa shape index (κ2) is 6.31. The van der Waals surface area contributed by atoms with Crippen molar-refractivity contribution in [1.82, 2.24) is 10.2 Å². The number of nitrogens with zero attached hydrogens (tertiary/aromatic N) is 1. The van der Waals surface area contributed by atoms with E-state index in [1.165, 1.54) is 4.88 Å². The van der Waals surface area contributed by atoms with Crippen LogP contribution in [0.4, 0.5) is 0 Å². The van der Waals surface area contributed by atoms with Crippen LogP contribution >= 0.6 is 11.3 Å². The molecule has 0 aromatic carbocycles. The lowest BCUT2D eigenvalue weighted by atomic mass is 10.2. The van der Waals surface area contributed by atoms with Crippen molar-refractivity contribution in [3.63, 3.8) is 0 Å². The molecule has 1 aromatic rings. The van der Waals surface area contributed by atoms with Gasteiger partial charge in [0.2, 0.25) is 5.91 Å². The second-order valence-corrected chi connectivity index (χ2v) is 5.81. The number of thiophene rings is 1. The summed E-state index contributed by atoms with van der Waals surface area (Å²) in [5.74, 6) is 0.0874. The van der Waals surface area contributed by atoms with Crippen LogP contribution in [0.1, 0.15) is 18.7 Å². The number of nitrogens with one attached hydrogen (secondary N) is 1. The molecule has 100 valence electrons. The largest absolute Gasteiger partial charge is 0.376 e. The summed E-state index contributed by atoms with van der Waals surface area (Å²) in [5.41, 5.74) is 0. The van der Waals surface area contributed by atoms with Crippen molar-refractivity contribution >= 4 is 17.2 Å². The second-order valence-electron chi connectivity index (χ2n) is 4.78. The summed E-state index contributed by atoms with van der Waals surface area (Å²) < 4.78 is 5.55. The Hall–Kier alpha value is -0.910. The molecular formula is C13H20N2O2S. The first kappa shape index (κ1) is 13.5. The lowest BCUT2D eigenvalue weighted by molar-refractivity contribution is -0.126. The van der Waals surface area contributed by atoms with E-state index in [2.05, 4.69) is 17.1 Å². The Balaban J connectivity index is 1.76. The zero-order chi connectivity index (χ0) is 13.0. The van der Waals surface area contributed by atoms with Crippen LogP contribution in [0.3, 0.4) is 0 Å². The fraction of sp³-hybridized carbons (Fsp3) is 0.615. The highest BCUT2D eigenvalue weighted by atomic mass is 32.1. The predicted octanol–water partition coefficient (Wildman–Crippen LogP) is 1.47.